The number of rotatable bonds is 6. The molecule has 3 aliphatic rings. The molecule has 158 valence electrons. The topological polar surface area (TPSA) is 103 Å². The van der Waals surface area contributed by atoms with Crippen LogP contribution in [0.25, 0.3) is 0 Å². The Morgan fingerprint density at radius 2 is 2.20 bits per heavy atom. The number of methoxy groups -OCH3 is 1. The van der Waals surface area contributed by atoms with Gasteiger partial charge in [0.1, 0.15) is 5.75 Å². The number of carbonyl (C=O) groups excluding carboxylic acids is 2. The first-order chi connectivity index (χ1) is 14.6. The van der Waals surface area contributed by atoms with E-state index in [0.717, 1.165) is 28.2 Å². The van der Waals surface area contributed by atoms with Gasteiger partial charge in [0, 0.05) is 23.8 Å². The molecule has 30 heavy (non-hydrogen) atoms. The number of nitrogens with one attached hydrogen (secondary N) is 1. The quantitative estimate of drug-likeness (QED) is 0.720. The summed E-state index contributed by atoms with van der Waals surface area (Å²) in [6.07, 6.45) is 1.52. The summed E-state index contributed by atoms with van der Waals surface area (Å²) in [7, 11) is 1.63. The maximum atomic E-state index is 12.9. The van der Waals surface area contributed by atoms with Crippen molar-refractivity contribution >= 4 is 23.6 Å². The van der Waals surface area contributed by atoms with Crippen molar-refractivity contribution < 1.29 is 19.4 Å². The number of para-hydroxylation sites is 1. The summed E-state index contributed by atoms with van der Waals surface area (Å²) in [5.41, 5.74) is 2.09. The van der Waals surface area contributed by atoms with E-state index in [1.54, 1.807) is 12.0 Å². The van der Waals surface area contributed by atoms with Crippen LogP contribution in [0.4, 0.5) is 0 Å². The summed E-state index contributed by atoms with van der Waals surface area (Å²) in [5, 5.41) is 21.5. The van der Waals surface area contributed by atoms with E-state index in [9.17, 15) is 14.9 Å². The molecule has 1 aromatic carbocycles. The summed E-state index contributed by atoms with van der Waals surface area (Å²) in [5.74, 6) is 0.351. The molecule has 0 radical (unpaired) electrons. The minimum Gasteiger partial charge on any atom is -0.496 e. The molecule has 4 atom stereocenters. The molecule has 0 aromatic heterocycles. The van der Waals surface area contributed by atoms with E-state index in [4.69, 9.17) is 9.84 Å². The molecule has 4 unspecified atom stereocenters. The number of aliphatic hydroxyl groups is 1. The molecule has 2 N–H and O–H groups in total. The van der Waals surface area contributed by atoms with Gasteiger partial charge in [0.2, 0.25) is 11.8 Å². The number of hydrogen-bond donors (Lipinski definition) is 2. The summed E-state index contributed by atoms with van der Waals surface area (Å²) in [6.45, 7) is 0.842. The lowest BCUT2D eigenvalue weighted by molar-refractivity contribution is -0.131. The minimum absolute atomic E-state index is 0.0308. The van der Waals surface area contributed by atoms with Gasteiger partial charge in [-0.3, -0.25) is 9.59 Å². The molecule has 7 nitrogen and oxygen atoms in total. The molecule has 0 bridgehead atoms. The summed E-state index contributed by atoms with van der Waals surface area (Å²) >= 11 is 1.49. The zero-order valence-electron chi connectivity index (χ0n) is 16.8. The highest BCUT2D eigenvalue weighted by molar-refractivity contribution is 8.04. The predicted octanol–water partition coefficient (Wildman–Crippen LogP) is 2.00. The monoisotopic (exact) mass is 427 g/mol. The Hall–Kier alpha value is -2.50. The summed E-state index contributed by atoms with van der Waals surface area (Å²) < 4.78 is 5.42. The fourth-order valence-corrected chi connectivity index (χ4v) is 5.82. The number of benzene rings is 1. The van der Waals surface area contributed by atoms with E-state index in [0.29, 0.717) is 19.5 Å². The third-order valence-corrected chi connectivity index (χ3v) is 7.38. The van der Waals surface area contributed by atoms with Gasteiger partial charge >= 0.3 is 0 Å². The highest BCUT2D eigenvalue weighted by Gasteiger charge is 2.47. The van der Waals surface area contributed by atoms with Crippen LogP contribution in [0.1, 0.15) is 30.7 Å². The second-order valence-electron chi connectivity index (χ2n) is 7.83. The second kappa shape index (κ2) is 8.70. The van der Waals surface area contributed by atoms with Crippen molar-refractivity contribution in [3.05, 3.63) is 40.3 Å². The first-order valence-corrected chi connectivity index (χ1v) is 11.1. The average Bonchev–Trinajstić information content (AvgIpc) is 3.49. The number of nitriles is 1. The van der Waals surface area contributed by atoms with Crippen molar-refractivity contribution in [2.45, 2.75) is 30.6 Å². The van der Waals surface area contributed by atoms with Gasteiger partial charge in [0.25, 0.3) is 0 Å². The van der Waals surface area contributed by atoms with Crippen LogP contribution in [0.3, 0.4) is 0 Å². The average molecular weight is 428 g/mol. The maximum Gasteiger partial charge on any atom is 0.225 e. The molecule has 1 aromatic rings. The molecule has 2 amide bonds. The van der Waals surface area contributed by atoms with Gasteiger partial charge < -0.3 is 20.1 Å². The van der Waals surface area contributed by atoms with Gasteiger partial charge in [-0.05, 0) is 36.0 Å². The lowest BCUT2D eigenvalue weighted by Gasteiger charge is -2.28. The Balaban J connectivity index is 1.39. The zero-order chi connectivity index (χ0) is 21.3. The molecule has 0 spiro atoms. The van der Waals surface area contributed by atoms with Crippen molar-refractivity contribution in [1.29, 1.82) is 5.26 Å². The van der Waals surface area contributed by atoms with Crippen LogP contribution < -0.4 is 10.1 Å². The van der Waals surface area contributed by atoms with E-state index >= 15 is 0 Å². The van der Waals surface area contributed by atoms with Crippen LogP contribution in [0.5, 0.6) is 5.75 Å². The molecule has 1 saturated carbocycles. The third kappa shape index (κ3) is 3.92. The molecule has 8 heteroatoms. The van der Waals surface area contributed by atoms with E-state index < -0.39 is 0 Å². The standard InChI is InChI=1S/C22H25N3O4S/c1-29-18-5-3-2-4-13(18)15-10-16(15)21(28)24-22-17(11-23)14-6-8-25(12-19(14)30-22)20(27)7-9-26/h2-5,15-17,22,26H,6-10,12H2,1H3,(H,24,28). The zero-order valence-corrected chi connectivity index (χ0v) is 17.7. The molecular formula is C22H25N3O4S. The Morgan fingerprint density at radius 1 is 1.40 bits per heavy atom. The fourth-order valence-electron chi connectivity index (χ4n) is 4.37. The molecule has 1 fully saturated rings. The van der Waals surface area contributed by atoms with Crippen LogP contribution in [0, 0.1) is 23.2 Å². The van der Waals surface area contributed by atoms with E-state index in [-0.39, 0.29) is 48.0 Å². The highest BCUT2D eigenvalue weighted by Crippen LogP contribution is 2.51. The van der Waals surface area contributed by atoms with Crippen molar-refractivity contribution in [2.24, 2.45) is 11.8 Å². The number of nitrogens with zero attached hydrogens (tertiary/aromatic N) is 2. The Bertz CT molecular complexity index is 925. The van der Waals surface area contributed by atoms with Gasteiger partial charge in [-0.2, -0.15) is 5.26 Å². The summed E-state index contributed by atoms with van der Waals surface area (Å²) in [4.78, 5) is 27.7. The maximum absolute atomic E-state index is 12.9. The molecule has 4 rings (SSSR count). The van der Waals surface area contributed by atoms with Crippen LogP contribution in [-0.4, -0.2) is 54.0 Å². The normalized spacial score (nSPS) is 27.3. The Morgan fingerprint density at radius 3 is 2.93 bits per heavy atom. The fraction of sp³-hybridized carbons (Fsp3) is 0.500. The summed E-state index contributed by atoms with van der Waals surface area (Å²) in [6, 6.07) is 10.1. The van der Waals surface area contributed by atoms with Crippen molar-refractivity contribution in [1.82, 2.24) is 10.2 Å². The van der Waals surface area contributed by atoms with Crippen LogP contribution in [0.15, 0.2) is 34.7 Å². The lowest BCUT2D eigenvalue weighted by atomic mass is 9.94. The van der Waals surface area contributed by atoms with Gasteiger partial charge in [-0.1, -0.05) is 18.2 Å². The molecule has 2 heterocycles. The van der Waals surface area contributed by atoms with E-state index in [1.165, 1.54) is 11.8 Å². The molecule has 2 aliphatic heterocycles. The lowest BCUT2D eigenvalue weighted by Crippen LogP contribution is -2.38. The van der Waals surface area contributed by atoms with Crippen LogP contribution in [0.2, 0.25) is 0 Å². The minimum atomic E-state index is -0.368. The number of ether oxygens (including phenoxy) is 1. The predicted molar refractivity (Wildman–Crippen MR) is 112 cm³/mol. The first-order valence-electron chi connectivity index (χ1n) is 10.2. The second-order valence-corrected chi connectivity index (χ2v) is 9.07. The van der Waals surface area contributed by atoms with E-state index in [1.807, 2.05) is 24.3 Å². The third-order valence-electron chi connectivity index (χ3n) is 6.06. The smallest absolute Gasteiger partial charge is 0.225 e. The number of aliphatic hydroxyl groups excluding tert-OH is 1. The largest absolute Gasteiger partial charge is 0.496 e. The van der Waals surface area contributed by atoms with Gasteiger partial charge in [-0.25, -0.2) is 0 Å². The molecule has 0 saturated heterocycles. The number of carbonyl (C=O) groups is 2. The highest BCUT2D eigenvalue weighted by atomic mass is 32.2. The molecule has 1 aliphatic carbocycles. The Kier molecular flexibility index (Phi) is 6.02. The van der Waals surface area contributed by atoms with Crippen LogP contribution in [-0.2, 0) is 9.59 Å². The van der Waals surface area contributed by atoms with Gasteiger partial charge in [-0.15, -0.1) is 11.8 Å². The Labute approximate surface area is 180 Å². The van der Waals surface area contributed by atoms with Crippen molar-refractivity contribution in [3.63, 3.8) is 0 Å². The first kappa shape index (κ1) is 20.8. The van der Waals surface area contributed by atoms with Crippen molar-refractivity contribution in [3.8, 4) is 11.8 Å². The SMILES string of the molecule is COc1ccccc1C1CC1C(=O)NC1SC2=C(CCN(C(=O)CCO)C2)C1C#N. The van der Waals surface area contributed by atoms with Crippen LogP contribution >= 0.6 is 11.8 Å². The number of hydrogen-bond acceptors (Lipinski definition) is 6. The number of thioether (sulfide) groups is 1. The molecular weight excluding hydrogens is 402 g/mol. The van der Waals surface area contributed by atoms with E-state index in [2.05, 4.69) is 11.4 Å². The van der Waals surface area contributed by atoms with Crippen molar-refractivity contribution in [2.75, 3.05) is 26.8 Å². The van der Waals surface area contributed by atoms with Gasteiger partial charge in [0.05, 0.1) is 37.6 Å². The van der Waals surface area contributed by atoms with Gasteiger partial charge in [0.15, 0.2) is 0 Å². The number of amides is 2.